The molecule has 0 fully saturated rings. The van der Waals surface area contributed by atoms with Gasteiger partial charge in [0.05, 0.1) is 13.2 Å². The molecule has 5 heteroatoms. The molecule has 21 heavy (non-hydrogen) atoms. The van der Waals surface area contributed by atoms with E-state index >= 15 is 0 Å². The van der Waals surface area contributed by atoms with E-state index in [9.17, 15) is 4.57 Å². The van der Waals surface area contributed by atoms with Crippen molar-refractivity contribution in [3.05, 3.63) is 42.5 Å². The summed E-state index contributed by atoms with van der Waals surface area (Å²) in [6, 6.07) is 14.1. The number of hydrogen-bond donors (Lipinski definition) is 0. The second-order valence-corrected chi connectivity index (χ2v) is 8.67. The Balaban J connectivity index is 2.18. The van der Waals surface area contributed by atoms with Gasteiger partial charge in [0, 0.05) is 4.90 Å². The van der Waals surface area contributed by atoms with Gasteiger partial charge in [-0.3, -0.25) is 0 Å². The second kappa shape index (κ2) is 8.00. The first kappa shape index (κ1) is 16.6. The van der Waals surface area contributed by atoms with Crippen molar-refractivity contribution < 1.29 is 13.6 Å². The Morgan fingerprint density at radius 3 is 2.19 bits per heavy atom. The molecule has 0 saturated carbocycles. The number of fused-ring (bicyclic) bond motifs is 1. The molecular formula is C16H21O3PS. The van der Waals surface area contributed by atoms with Crippen LogP contribution in [0.15, 0.2) is 47.4 Å². The molecule has 2 aromatic rings. The summed E-state index contributed by atoms with van der Waals surface area (Å²) in [5.41, 5.74) is 0. The zero-order chi connectivity index (χ0) is 15.1. The van der Waals surface area contributed by atoms with Gasteiger partial charge in [0.25, 0.3) is 0 Å². The van der Waals surface area contributed by atoms with Gasteiger partial charge in [-0.2, -0.15) is 0 Å². The zero-order valence-corrected chi connectivity index (χ0v) is 14.2. The van der Waals surface area contributed by atoms with Gasteiger partial charge in [0.2, 0.25) is 0 Å². The van der Waals surface area contributed by atoms with E-state index in [2.05, 4.69) is 6.07 Å². The van der Waals surface area contributed by atoms with Gasteiger partial charge in [-0.05, 0) is 47.1 Å². The third-order valence-corrected chi connectivity index (χ3v) is 6.47. The summed E-state index contributed by atoms with van der Waals surface area (Å²) < 4.78 is 23.7. The SMILES string of the molecule is CCCOP(=O)(OCCC)Sc1ccc2ccccc2c1. The second-order valence-electron chi connectivity index (χ2n) is 4.71. The molecule has 0 aliphatic carbocycles. The Morgan fingerprint density at radius 1 is 0.952 bits per heavy atom. The molecule has 0 atom stereocenters. The molecule has 0 spiro atoms. The molecule has 0 aliphatic rings. The van der Waals surface area contributed by atoms with E-state index in [0.717, 1.165) is 23.1 Å². The number of rotatable bonds is 8. The van der Waals surface area contributed by atoms with Crippen molar-refractivity contribution in [1.29, 1.82) is 0 Å². The van der Waals surface area contributed by atoms with E-state index in [0.29, 0.717) is 13.2 Å². The molecule has 0 bridgehead atoms. The van der Waals surface area contributed by atoms with Gasteiger partial charge in [0.15, 0.2) is 0 Å². The van der Waals surface area contributed by atoms with Crippen LogP contribution in [-0.4, -0.2) is 13.2 Å². The van der Waals surface area contributed by atoms with Gasteiger partial charge >= 0.3 is 6.80 Å². The molecule has 0 amide bonds. The topological polar surface area (TPSA) is 35.5 Å². The van der Waals surface area contributed by atoms with Gasteiger partial charge in [-0.15, -0.1) is 0 Å². The Kier molecular flexibility index (Phi) is 6.31. The number of benzene rings is 2. The van der Waals surface area contributed by atoms with Gasteiger partial charge in [-0.1, -0.05) is 44.2 Å². The highest BCUT2D eigenvalue weighted by Gasteiger charge is 2.26. The van der Waals surface area contributed by atoms with Gasteiger partial charge in [-0.25, -0.2) is 4.57 Å². The third kappa shape index (κ3) is 4.86. The molecule has 2 rings (SSSR count). The summed E-state index contributed by atoms with van der Waals surface area (Å²) >= 11 is 1.20. The fraction of sp³-hybridized carbons (Fsp3) is 0.375. The zero-order valence-electron chi connectivity index (χ0n) is 12.5. The predicted octanol–water partition coefficient (Wildman–Crippen LogP) is 5.89. The third-order valence-electron chi connectivity index (χ3n) is 2.85. The van der Waals surface area contributed by atoms with Crippen molar-refractivity contribution in [2.24, 2.45) is 0 Å². The Morgan fingerprint density at radius 2 is 1.57 bits per heavy atom. The van der Waals surface area contributed by atoms with Gasteiger partial charge < -0.3 is 9.05 Å². The van der Waals surface area contributed by atoms with Crippen LogP contribution in [0.2, 0.25) is 0 Å². The maximum Gasteiger partial charge on any atom is 0.393 e. The Labute approximate surface area is 130 Å². The standard InChI is InChI=1S/C16H21O3PS/c1-3-11-18-20(17,19-12-4-2)21-16-10-9-14-7-5-6-8-15(14)13-16/h5-10,13H,3-4,11-12H2,1-2H3. The van der Waals surface area contributed by atoms with Crippen LogP contribution in [0.1, 0.15) is 26.7 Å². The van der Waals surface area contributed by atoms with Crippen molar-refractivity contribution in [2.45, 2.75) is 31.6 Å². The molecule has 0 heterocycles. The molecule has 114 valence electrons. The van der Waals surface area contributed by atoms with Crippen LogP contribution in [-0.2, 0) is 13.6 Å². The van der Waals surface area contributed by atoms with E-state index in [-0.39, 0.29) is 0 Å². The average Bonchev–Trinajstić information content (AvgIpc) is 2.51. The van der Waals surface area contributed by atoms with Crippen LogP contribution in [0.25, 0.3) is 10.8 Å². The molecule has 0 aliphatic heterocycles. The van der Waals surface area contributed by atoms with Crippen molar-refractivity contribution in [2.75, 3.05) is 13.2 Å². The Bertz CT molecular complexity index is 618. The molecule has 0 aromatic heterocycles. The lowest BCUT2D eigenvalue weighted by molar-refractivity contribution is 0.220. The summed E-state index contributed by atoms with van der Waals surface area (Å²) in [5, 5.41) is 2.29. The quantitative estimate of drug-likeness (QED) is 0.567. The minimum Gasteiger partial charge on any atom is -0.301 e. The van der Waals surface area contributed by atoms with Crippen molar-refractivity contribution in [3.8, 4) is 0 Å². The van der Waals surface area contributed by atoms with Crippen molar-refractivity contribution in [3.63, 3.8) is 0 Å². The van der Waals surface area contributed by atoms with Crippen LogP contribution in [0.4, 0.5) is 0 Å². The summed E-state index contributed by atoms with van der Waals surface area (Å²) in [5.74, 6) is 0. The molecule has 0 N–H and O–H groups in total. The fourth-order valence-electron chi connectivity index (χ4n) is 1.85. The van der Waals surface area contributed by atoms with E-state index < -0.39 is 6.80 Å². The van der Waals surface area contributed by atoms with E-state index in [1.807, 2.05) is 50.2 Å². The van der Waals surface area contributed by atoms with E-state index in [4.69, 9.17) is 9.05 Å². The van der Waals surface area contributed by atoms with Crippen LogP contribution in [0.3, 0.4) is 0 Å². The smallest absolute Gasteiger partial charge is 0.301 e. The summed E-state index contributed by atoms with van der Waals surface area (Å²) in [7, 11) is 0. The predicted molar refractivity (Wildman–Crippen MR) is 89.9 cm³/mol. The molecule has 0 unspecified atom stereocenters. The maximum atomic E-state index is 12.8. The van der Waals surface area contributed by atoms with E-state index in [1.54, 1.807) is 0 Å². The monoisotopic (exact) mass is 324 g/mol. The minimum atomic E-state index is -3.14. The van der Waals surface area contributed by atoms with E-state index in [1.165, 1.54) is 16.8 Å². The van der Waals surface area contributed by atoms with Crippen LogP contribution in [0, 0.1) is 0 Å². The lowest BCUT2D eigenvalue weighted by atomic mass is 10.1. The maximum absolute atomic E-state index is 12.8. The molecule has 0 saturated heterocycles. The fourth-order valence-corrected chi connectivity index (χ4v) is 5.29. The van der Waals surface area contributed by atoms with Gasteiger partial charge in [0.1, 0.15) is 0 Å². The average molecular weight is 324 g/mol. The molecule has 3 nitrogen and oxygen atoms in total. The normalized spacial score (nSPS) is 11.9. The van der Waals surface area contributed by atoms with Crippen LogP contribution in [0.5, 0.6) is 0 Å². The first-order valence-electron chi connectivity index (χ1n) is 7.24. The largest absolute Gasteiger partial charge is 0.393 e. The summed E-state index contributed by atoms with van der Waals surface area (Å²) in [4.78, 5) is 0.907. The number of hydrogen-bond acceptors (Lipinski definition) is 4. The lowest BCUT2D eigenvalue weighted by Crippen LogP contribution is -1.95. The molecule has 0 radical (unpaired) electrons. The van der Waals surface area contributed by atoms with Crippen LogP contribution >= 0.6 is 18.2 Å². The van der Waals surface area contributed by atoms with Crippen molar-refractivity contribution in [1.82, 2.24) is 0 Å². The highest BCUT2D eigenvalue weighted by atomic mass is 32.7. The first-order valence-corrected chi connectivity index (χ1v) is 10.2. The lowest BCUT2D eigenvalue weighted by Gasteiger charge is -2.17. The highest BCUT2D eigenvalue weighted by Crippen LogP contribution is 2.63. The Hall–Kier alpha value is -0.800. The van der Waals surface area contributed by atoms with Crippen LogP contribution < -0.4 is 0 Å². The summed E-state index contributed by atoms with van der Waals surface area (Å²) in [6.45, 7) is 1.74. The summed E-state index contributed by atoms with van der Waals surface area (Å²) in [6.07, 6.45) is 1.63. The van der Waals surface area contributed by atoms with Crippen molar-refractivity contribution >= 4 is 29.0 Å². The molecular weight excluding hydrogens is 303 g/mol. The highest BCUT2D eigenvalue weighted by molar-refractivity contribution is 8.55. The first-order chi connectivity index (χ1) is 10.2. The minimum absolute atomic E-state index is 0.446. The molecule has 2 aromatic carbocycles.